The van der Waals surface area contributed by atoms with Crippen LogP contribution < -0.4 is 0 Å². The van der Waals surface area contributed by atoms with Gasteiger partial charge in [-0.1, -0.05) is 103 Å². The van der Waals surface area contributed by atoms with Crippen molar-refractivity contribution in [1.29, 1.82) is 0 Å². The highest BCUT2D eigenvalue weighted by Crippen LogP contribution is 2.48. The van der Waals surface area contributed by atoms with Crippen LogP contribution in [0.4, 0.5) is 0 Å². The molecule has 0 spiro atoms. The molecule has 5 aromatic carbocycles. The molecule has 0 bridgehead atoms. The van der Waals surface area contributed by atoms with Crippen molar-refractivity contribution in [2.45, 2.75) is 22.6 Å². The molecular weight excluding hydrogens is 466 g/mol. The molecule has 0 radical (unpaired) electrons. The van der Waals surface area contributed by atoms with Crippen molar-refractivity contribution in [2.24, 2.45) is 0 Å². The number of allylic oxidation sites excluding steroid dienone is 3. The molecule has 0 aliphatic heterocycles. The minimum Gasteiger partial charge on any atom is -0.264 e. The largest absolute Gasteiger partial charge is 0.264 e. The topological polar surface area (TPSA) is 12.9 Å². The molecule has 0 N–H and O–H groups in total. The van der Waals surface area contributed by atoms with E-state index in [0.29, 0.717) is 0 Å². The van der Waals surface area contributed by atoms with Crippen LogP contribution in [0, 0.1) is 0 Å². The molecule has 0 saturated heterocycles. The molecule has 8 rings (SSSR count). The van der Waals surface area contributed by atoms with E-state index >= 15 is 0 Å². The summed E-state index contributed by atoms with van der Waals surface area (Å²) in [5.41, 5.74) is 8.22. The molecule has 174 valence electrons. The van der Waals surface area contributed by atoms with Crippen LogP contribution >= 0.6 is 11.8 Å². The summed E-state index contributed by atoms with van der Waals surface area (Å²) < 4.78 is 0. The van der Waals surface area contributed by atoms with E-state index in [-0.39, 0.29) is 0 Å². The molecule has 1 aromatic heterocycles. The maximum atomic E-state index is 4.56. The number of hydrogen-bond acceptors (Lipinski definition) is 2. The lowest BCUT2D eigenvalue weighted by atomic mass is 9.81. The van der Waals surface area contributed by atoms with E-state index in [1.165, 1.54) is 75.5 Å². The second-order valence-corrected chi connectivity index (χ2v) is 10.9. The quantitative estimate of drug-likeness (QED) is 0.229. The van der Waals surface area contributed by atoms with E-state index in [0.717, 1.165) is 12.8 Å². The van der Waals surface area contributed by atoms with E-state index < -0.39 is 0 Å². The average Bonchev–Trinajstić information content (AvgIpc) is 2.97. The first-order valence-electron chi connectivity index (χ1n) is 12.8. The number of pyridine rings is 1. The van der Waals surface area contributed by atoms with Gasteiger partial charge in [-0.15, -0.1) is 0 Å². The molecule has 37 heavy (non-hydrogen) atoms. The van der Waals surface area contributed by atoms with Crippen molar-refractivity contribution in [3.05, 3.63) is 126 Å². The number of hydrogen-bond donors (Lipinski definition) is 0. The first-order valence-corrected chi connectivity index (χ1v) is 13.6. The summed E-state index contributed by atoms with van der Waals surface area (Å²) in [6, 6.07) is 31.0. The van der Waals surface area contributed by atoms with Crippen LogP contribution in [0.25, 0.3) is 55.1 Å². The van der Waals surface area contributed by atoms with Gasteiger partial charge >= 0.3 is 0 Å². The predicted octanol–water partition coefficient (Wildman–Crippen LogP) is 9.72. The molecule has 2 aliphatic rings. The molecule has 0 unspecified atom stereocenters. The summed E-state index contributed by atoms with van der Waals surface area (Å²) >= 11 is 1.92. The van der Waals surface area contributed by atoms with Gasteiger partial charge in [0.25, 0.3) is 0 Å². The first-order chi connectivity index (χ1) is 18.4. The fourth-order valence-corrected chi connectivity index (χ4v) is 7.45. The Labute approximate surface area is 220 Å². The molecule has 0 saturated carbocycles. The lowest BCUT2D eigenvalue weighted by Crippen LogP contribution is -2.04. The normalized spacial score (nSPS) is 13.9. The Balaban J connectivity index is 1.40. The zero-order valence-electron chi connectivity index (χ0n) is 20.2. The Kier molecular flexibility index (Phi) is 4.65. The number of nitrogens with zero attached hydrogens (tertiary/aromatic N) is 1. The monoisotopic (exact) mass is 489 g/mol. The van der Waals surface area contributed by atoms with Gasteiger partial charge in [0, 0.05) is 27.6 Å². The van der Waals surface area contributed by atoms with Gasteiger partial charge in [-0.25, -0.2) is 0 Å². The smallest absolute Gasteiger partial charge is 0.0353 e. The molecule has 1 nitrogen and oxygen atoms in total. The fraction of sp³-hybridized carbons (Fsp3) is 0.0571. The molecular formula is C35H23NS. The summed E-state index contributed by atoms with van der Waals surface area (Å²) in [6.07, 6.45) is 13.0. The van der Waals surface area contributed by atoms with Gasteiger partial charge in [-0.05, 0) is 85.3 Å². The zero-order valence-corrected chi connectivity index (χ0v) is 21.1. The third kappa shape index (κ3) is 3.16. The Hall–Kier alpha value is -4.14. The van der Waals surface area contributed by atoms with Gasteiger partial charge in [0.05, 0.1) is 0 Å². The highest BCUT2D eigenvalue weighted by Gasteiger charge is 2.23. The van der Waals surface area contributed by atoms with Crippen LogP contribution in [0.15, 0.2) is 119 Å². The molecule has 2 aliphatic carbocycles. The minimum atomic E-state index is 0.985. The van der Waals surface area contributed by atoms with Crippen LogP contribution in [0.2, 0.25) is 0 Å². The summed E-state index contributed by atoms with van der Waals surface area (Å²) in [5.74, 6) is 0. The molecule has 0 amide bonds. The van der Waals surface area contributed by atoms with Crippen molar-refractivity contribution < 1.29 is 0 Å². The number of rotatable bonds is 3. The summed E-state index contributed by atoms with van der Waals surface area (Å²) in [6.45, 7) is 0. The highest BCUT2D eigenvalue weighted by molar-refractivity contribution is 7.99. The van der Waals surface area contributed by atoms with Crippen LogP contribution in [0.5, 0.6) is 0 Å². The van der Waals surface area contributed by atoms with Crippen molar-refractivity contribution in [2.75, 3.05) is 0 Å². The second-order valence-electron chi connectivity index (χ2n) is 9.85. The Morgan fingerprint density at radius 3 is 2.41 bits per heavy atom. The Bertz CT molecular complexity index is 1890. The molecule has 1 heterocycles. The molecule has 6 aromatic rings. The second kappa shape index (κ2) is 8.19. The summed E-state index contributed by atoms with van der Waals surface area (Å²) in [7, 11) is 0. The SMILES string of the molecule is C1=Cc2ccc3ccc(Sc4c5ccccc5c(-c5ccccc5)c5cnccc45)c4c3c2C(=CC4)C1. The van der Waals surface area contributed by atoms with E-state index in [1.54, 1.807) is 0 Å². The van der Waals surface area contributed by atoms with Crippen molar-refractivity contribution in [3.8, 4) is 11.1 Å². The van der Waals surface area contributed by atoms with Crippen LogP contribution in [-0.2, 0) is 6.42 Å². The van der Waals surface area contributed by atoms with Crippen LogP contribution in [0.1, 0.15) is 23.1 Å². The highest BCUT2D eigenvalue weighted by atomic mass is 32.2. The van der Waals surface area contributed by atoms with Gasteiger partial charge in [-0.3, -0.25) is 4.98 Å². The molecule has 0 atom stereocenters. The van der Waals surface area contributed by atoms with E-state index in [9.17, 15) is 0 Å². The van der Waals surface area contributed by atoms with Gasteiger partial charge in [-0.2, -0.15) is 0 Å². The standard InChI is InChI=1S/C35H23NS/c1-2-7-22(8-3-1)33-26-11-4-5-12-27(26)35(28-19-20-36-21-30(28)33)37-31-18-16-25-14-13-23-9-6-10-24-15-17-29(31)34(25)32(23)24/h1-9,11-16,18-21H,10,17H2. The van der Waals surface area contributed by atoms with Crippen molar-refractivity contribution >= 4 is 55.7 Å². The lowest BCUT2D eigenvalue weighted by molar-refractivity contribution is 1.17. The van der Waals surface area contributed by atoms with Gasteiger partial charge < -0.3 is 0 Å². The van der Waals surface area contributed by atoms with E-state index in [4.69, 9.17) is 0 Å². The summed E-state index contributed by atoms with van der Waals surface area (Å²) in [5, 5.41) is 7.82. The predicted molar refractivity (Wildman–Crippen MR) is 158 cm³/mol. The fourth-order valence-electron chi connectivity index (χ4n) is 6.21. The van der Waals surface area contributed by atoms with E-state index in [1.807, 2.05) is 24.2 Å². The van der Waals surface area contributed by atoms with Gasteiger partial charge in [0.15, 0.2) is 0 Å². The Morgan fingerprint density at radius 2 is 1.49 bits per heavy atom. The number of fused-ring (bicyclic) bond motifs is 2. The lowest BCUT2D eigenvalue weighted by Gasteiger charge is -2.25. The minimum absolute atomic E-state index is 0.985. The first kappa shape index (κ1) is 21.0. The van der Waals surface area contributed by atoms with Crippen molar-refractivity contribution in [3.63, 3.8) is 0 Å². The maximum Gasteiger partial charge on any atom is 0.0353 e. The Morgan fingerprint density at radius 1 is 0.676 bits per heavy atom. The maximum absolute atomic E-state index is 4.56. The third-order valence-electron chi connectivity index (χ3n) is 7.84. The van der Waals surface area contributed by atoms with Crippen LogP contribution in [0.3, 0.4) is 0 Å². The number of benzene rings is 5. The summed E-state index contributed by atoms with van der Waals surface area (Å²) in [4.78, 5) is 7.22. The number of aromatic nitrogens is 1. The van der Waals surface area contributed by atoms with Gasteiger partial charge in [0.2, 0.25) is 0 Å². The molecule has 2 heteroatoms. The van der Waals surface area contributed by atoms with Gasteiger partial charge in [0.1, 0.15) is 0 Å². The van der Waals surface area contributed by atoms with E-state index in [2.05, 4.69) is 108 Å². The molecule has 0 fully saturated rings. The third-order valence-corrected chi connectivity index (χ3v) is 9.09. The zero-order chi connectivity index (χ0) is 24.3. The van der Waals surface area contributed by atoms with Crippen LogP contribution in [-0.4, -0.2) is 4.98 Å². The van der Waals surface area contributed by atoms with Crippen molar-refractivity contribution in [1.82, 2.24) is 4.98 Å². The average molecular weight is 490 g/mol.